The molecular weight excluding hydrogens is 376 g/mol. The molecule has 0 N–H and O–H groups in total. The van der Waals surface area contributed by atoms with E-state index in [4.69, 9.17) is 14.2 Å². The summed E-state index contributed by atoms with van der Waals surface area (Å²) in [7, 11) is 0. The number of Topliss-reactive ketones (excluding diaryl/α,β-unsaturated/α-hetero) is 1. The first-order valence-corrected chi connectivity index (χ1v) is 11.3. The van der Waals surface area contributed by atoms with Gasteiger partial charge < -0.3 is 14.2 Å². The van der Waals surface area contributed by atoms with Crippen LogP contribution in [0.3, 0.4) is 0 Å². The molecule has 1 fully saturated rings. The van der Waals surface area contributed by atoms with E-state index in [9.17, 15) is 9.59 Å². The Morgan fingerprint density at radius 2 is 1.96 bits per heavy atom. The van der Waals surface area contributed by atoms with E-state index in [0.29, 0.717) is 18.8 Å². The highest BCUT2D eigenvalue weighted by Crippen LogP contribution is 2.19. The zero-order valence-corrected chi connectivity index (χ0v) is 17.6. The van der Waals surface area contributed by atoms with Gasteiger partial charge in [-0.1, -0.05) is 19.1 Å². The molecule has 1 heterocycles. The molecule has 1 unspecified atom stereocenters. The van der Waals surface area contributed by atoms with Gasteiger partial charge in [-0.15, -0.1) is 11.8 Å². The maximum absolute atomic E-state index is 11.4. The minimum atomic E-state index is -0.429. The van der Waals surface area contributed by atoms with Crippen LogP contribution < -0.4 is 0 Å². The van der Waals surface area contributed by atoms with Gasteiger partial charge in [-0.2, -0.15) is 0 Å². The van der Waals surface area contributed by atoms with Crippen molar-refractivity contribution in [3.8, 4) is 0 Å². The van der Waals surface area contributed by atoms with E-state index in [0.717, 1.165) is 50.2 Å². The van der Waals surface area contributed by atoms with Gasteiger partial charge in [-0.25, -0.2) is 0 Å². The highest BCUT2D eigenvalue weighted by molar-refractivity contribution is 7.99. The van der Waals surface area contributed by atoms with Crippen molar-refractivity contribution in [3.05, 3.63) is 29.8 Å². The topological polar surface area (TPSA) is 61.8 Å². The molecule has 0 amide bonds. The second kappa shape index (κ2) is 13.7. The van der Waals surface area contributed by atoms with Crippen LogP contribution in [-0.2, 0) is 30.2 Å². The number of hydrogen-bond acceptors (Lipinski definition) is 6. The summed E-state index contributed by atoms with van der Waals surface area (Å²) in [5, 5.41) is 0. The van der Waals surface area contributed by atoms with Crippen molar-refractivity contribution >= 4 is 23.5 Å². The first-order chi connectivity index (χ1) is 13.7. The summed E-state index contributed by atoms with van der Waals surface area (Å²) in [4.78, 5) is 23.8. The zero-order chi connectivity index (χ0) is 20.0. The van der Waals surface area contributed by atoms with Crippen molar-refractivity contribution in [1.82, 2.24) is 0 Å². The van der Waals surface area contributed by atoms with Crippen molar-refractivity contribution < 1.29 is 23.8 Å². The van der Waals surface area contributed by atoms with Crippen LogP contribution in [0.15, 0.2) is 29.2 Å². The molecule has 1 saturated heterocycles. The van der Waals surface area contributed by atoms with E-state index >= 15 is 0 Å². The number of thioether (sulfide) groups is 1. The average molecular weight is 409 g/mol. The summed E-state index contributed by atoms with van der Waals surface area (Å²) in [6, 6.07) is 8.52. The van der Waals surface area contributed by atoms with Crippen LogP contribution in [0.2, 0.25) is 0 Å². The van der Waals surface area contributed by atoms with Gasteiger partial charge in [0, 0.05) is 30.3 Å². The van der Waals surface area contributed by atoms with Crippen LogP contribution in [0, 0.1) is 0 Å². The van der Waals surface area contributed by atoms with Crippen molar-refractivity contribution in [1.29, 1.82) is 0 Å². The number of carbonyl (C=O) groups is 2. The van der Waals surface area contributed by atoms with Gasteiger partial charge in [0.1, 0.15) is 18.8 Å². The van der Waals surface area contributed by atoms with Crippen LogP contribution in [0.4, 0.5) is 0 Å². The molecule has 1 aliphatic heterocycles. The Bertz CT molecular complexity index is 581. The fourth-order valence-corrected chi connectivity index (χ4v) is 3.62. The summed E-state index contributed by atoms with van der Waals surface area (Å²) < 4.78 is 16.4. The van der Waals surface area contributed by atoms with Crippen molar-refractivity contribution in [2.45, 2.75) is 69.5 Å². The smallest absolute Gasteiger partial charge is 0.313 e. The van der Waals surface area contributed by atoms with Gasteiger partial charge in [-0.05, 0) is 56.2 Å². The second-order valence-electron chi connectivity index (χ2n) is 6.91. The summed E-state index contributed by atoms with van der Waals surface area (Å²) in [5.41, 5.74) is 1.32. The van der Waals surface area contributed by atoms with Gasteiger partial charge in [-0.3, -0.25) is 9.59 Å². The SMILES string of the molecule is CCC(=O)CC(=O)OCCSc1ccc(CCCCOC2CCCCO2)cc1. The quantitative estimate of drug-likeness (QED) is 0.206. The molecular formula is C22H32O5S. The standard InChI is InChI=1S/C22H32O5S/c1-2-19(23)17-21(24)25-15-16-28-20-11-9-18(10-12-20)7-3-5-13-26-22-8-4-6-14-27-22/h9-12,22H,2-8,13-17H2,1H3. The van der Waals surface area contributed by atoms with Gasteiger partial charge in [0.15, 0.2) is 6.29 Å². The number of hydrogen-bond donors (Lipinski definition) is 0. The highest BCUT2D eigenvalue weighted by Gasteiger charge is 2.13. The number of rotatable bonds is 13. The zero-order valence-electron chi connectivity index (χ0n) is 16.8. The molecule has 2 rings (SSSR count). The van der Waals surface area contributed by atoms with Crippen LogP contribution in [-0.4, -0.2) is 43.6 Å². The molecule has 1 aromatic carbocycles. The number of ketones is 1. The van der Waals surface area contributed by atoms with E-state index in [2.05, 4.69) is 24.3 Å². The summed E-state index contributed by atoms with van der Waals surface area (Å²) in [5.74, 6) is 0.176. The van der Waals surface area contributed by atoms with Gasteiger partial charge in [0.25, 0.3) is 0 Å². The predicted molar refractivity (Wildman–Crippen MR) is 111 cm³/mol. The van der Waals surface area contributed by atoms with Gasteiger partial charge in [0.2, 0.25) is 0 Å². The maximum atomic E-state index is 11.4. The largest absolute Gasteiger partial charge is 0.464 e. The number of esters is 1. The lowest BCUT2D eigenvalue weighted by Gasteiger charge is -2.22. The lowest BCUT2D eigenvalue weighted by Crippen LogP contribution is -2.22. The second-order valence-corrected chi connectivity index (χ2v) is 8.07. The fourth-order valence-electron chi connectivity index (χ4n) is 2.89. The normalized spacial score (nSPS) is 16.7. The van der Waals surface area contributed by atoms with Gasteiger partial charge >= 0.3 is 5.97 Å². The molecule has 1 atom stereocenters. The third-order valence-electron chi connectivity index (χ3n) is 4.58. The average Bonchev–Trinajstić information content (AvgIpc) is 2.72. The number of benzene rings is 1. The number of carbonyl (C=O) groups excluding carboxylic acids is 2. The highest BCUT2D eigenvalue weighted by atomic mass is 32.2. The van der Waals surface area contributed by atoms with E-state index in [1.54, 1.807) is 18.7 Å². The third kappa shape index (κ3) is 9.71. The molecule has 6 heteroatoms. The fraction of sp³-hybridized carbons (Fsp3) is 0.636. The molecule has 0 aliphatic carbocycles. The Morgan fingerprint density at radius 3 is 2.68 bits per heavy atom. The first-order valence-electron chi connectivity index (χ1n) is 10.3. The van der Waals surface area contributed by atoms with Crippen LogP contribution in [0.1, 0.15) is 57.4 Å². The number of aryl methyl sites for hydroxylation is 1. The van der Waals surface area contributed by atoms with E-state index < -0.39 is 5.97 Å². The maximum Gasteiger partial charge on any atom is 0.313 e. The summed E-state index contributed by atoms with van der Waals surface area (Å²) in [6.45, 7) is 3.67. The number of unbranched alkanes of at least 4 members (excludes halogenated alkanes) is 1. The first kappa shape index (κ1) is 22.9. The summed E-state index contributed by atoms with van der Waals surface area (Å²) in [6.07, 6.45) is 6.84. The lowest BCUT2D eigenvalue weighted by molar-refractivity contribution is -0.162. The van der Waals surface area contributed by atoms with Crippen LogP contribution in [0.25, 0.3) is 0 Å². The van der Waals surface area contributed by atoms with Crippen molar-refractivity contribution in [3.63, 3.8) is 0 Å². The molecule has 0 spiro atoms. The van der Waals surface area contributed by atoms with Crippen molar-refractivity contribution in [2.24, 2.45) is 0 Å². The molecule has 0 saturated carbocycles. The van der Waals surface area contributed by atoms with Gasteiger partial charge in [0.05, 0.1) is 0 Å². The van der Waals surface area contributed by atoms with E-state index in [1.807, 2.05) is 0 Å². The monoisotopic (exact) mass is 408 g/mol. The number of ether oxygens (including phenoxy) is 3. The Hall–Kier alpha value is -1.37. The molecule has 0 bridgehead atoms. The summed E-state index contributed by atoms with van der Waals surface area (Å²) >= 11 is 1.65. The molecule has 156 valence electrons. The van der Waals surface area contributed by atoms with Crippen LogP contribution >= 0.6 is 11.8 Å². The van der Waals surface area contributed by atoms with Crippen LogP contribution in [0.5, 0.6) is 0 Å². The predicted octanol–water partition coefficient (Wildman–Crippen LogP) is 4.56. The molecule has 0 aromatic heterocycles. The lowest BCUT2D eigenvalue weighted by atomic mass is 10.1. The third-order valence-corrected chi connectivity index (χ3v) is 5.55. The Balaban J connectivity index is 1.52. The van der Waals surface area contributed by atoms with Crippen molar-refractivity contribution in [2.75, 3.05) is 25.6 Å². The Kier molecular flexibility index (Phi) is 11.3. The Labute approximate surface area is 172 Å². The minimum Gasteiger partial charge on any atom is -0.464 e. The Morgan fingerprint density at radius 1 is 1.14 bits per heavy atom. The van der Waals surface area contributed by atoms with E-state index in [1.165, 1.54) is 12.0 Å². The molecule has 1 aromatic rings. The van der Waals surface area contributed by atoms with E-state index in [-0.39, 0.29) is 18.5 Å². The molecule has 28 heavy (non-hydrogen) atoms. The minimum absolute atomic E-state index is 0.0106. The molecule has 0 radical (unpaired) electrons. The molecule has 1 aliphatic rings. The molecule has 5 nitrogen and oxygen atoms in total.